The molecule has 11 heavy (non-hydrogen) atoms. The van der Waals surface area contributed by atoms with Crippen LogP contribution in [-0.2, 0) is 0 Å². The second-order valence-corrected chi connectivity index (χ2v) is 2.37. The summed E-state index contributed by atoms with van der Waals surface area (Å²) in [7, 11) is 0. The highest BCUT2D eigenvalue weighted by Crippen LogP contribution is 2.13. The van der Waals surface area contributed by atoms with E-state index in [0.29, 0.717) is 0 Å². The van der Waals surface area contributed by atoms with Gasteiger partial charge < -0.3 is 5.21 Å². The fourth-order valence-corrected chi connectivity index (χ4v) is 0.997. The number of aromatic nitrogens is 1. The van der Waals surface area contributed by atoms with Gasteiger partial charge in [0.1, 0.15) is 0 Å². The fourth-order valence-electron chi connectivity index (χ4n) is 0.997. The van der Waals surface area contributed by atoms with Crippen LogP contribution in [0.15, 0.2) is 24.5 Å². The van der Waals surface area contributed by atoms with Gasteiger partial charge in [0, 0.05) is 12.4 Å². The van der Waals surface area contributed by atoms with E-state index in [1.807, 2.05) is 19.1 Å². The van der Waals surface area contributed by atoms with Gasteiger partial charge in [0.25, 0.3) is 0 Å². The quantitative estimate of drug-likeness (QED) is 0.645. The van der Waals surface area contributed by atoms with E-state index in [2.05, 4.69) is 10.5 Å². The highest BCUT2D eigenvalue weighted by molar-refractivity contribution is 5.13. The third kappa shape index (κ3) is 2.00. The molecule has 3 nitrogen and oxygen atoms in total. The van der Waals surface area contributed by atoms with Crippen LogP contribution in [0.25, 0.3) is 0 Å². The predicted octanol–water partition coefficient (Wildman–Crippen LogP) is 1.51. The Kier molecular flexibility index (Phi) is 3.01. The van der Waals surface area contributed by atoms with Gasteiger partial charge in [-0.3, -0.25) is 4.98 Å². The topological polar surface area (TPSA) is 45.1 Å². The molecule has 0 saturated heterocycles. The van der Waals surface area contributed by atoms with Gasteiger partial charge in [-0.05, 0) is 24.1 Å². The molecule has 0 aliphatic rings. The number of nitrogens with one attached hydrogen (secondary N) is 1. The molecule has 1 aromatic rings. The maximum atomic E-state index is 8.71. The summed E-state index contributed by atoms with van der Waals surface area (Å²) in [5.74, 6) is 0. The zero-order chi connectivity index (χ0) is 8.10. The van der Waals surface area contributed by atoms with Crippen molar-refractivity contribution in [1.29, 1.82) is 0 Å². The molecule has 1 heterocycles. The second kappa shape index (κ2) is 4.05. The zero-order valence-corrected chi connectivity index (χ0v) is 6.49. The van der Waals surface area contributed by atoms with Crippen molar-refractivity contribution in [1.82, 2.24) is 10.5 Å². The molecule has 3 heteroatoms. The first-order valence-electron chi connectivity index (χ1n) is 3.68. The zero-order valence-electron chi connectivity index (χ0n) is 6.49. The lowest BCUT2D eigenvalue weighted by Crippen LogP contribution is -2.15. The summed E-state index contributed by atoms with van der Waals surface area (Å²) in [6.07, 6.45) is 4.30. The van der Waals surface area contributed by atoms with E-state index in [9.17, 15) is 0 Å². The van der Waals surface area contributed by atoms with Gasteiger partial charge >= 0.3 is 0 Å². The van der Waals surface area contributed by atoms with Crippen LogP contribution in [0, 0.1) is 0 Å². The molecule has 0 bridgehead atoms. The fraction of sp³-hybridized carbons (Fsp3) is 0.375. The summed E-state index contributed by atoms with van der Waals surface area (Å²) >= 11 is 0. The minimum absolute atomic E-state index is 0.0259. The summed E-state index contributed by atoms with van der Waals surface area (Å²) in [5.41, 5.74) is 3.30. The summed E-state index contributed by atoms with van der Waals surface area (Å²) in [6.45, 7) is 2.01. The lowest BCUT2D eigenvalue weighted by Gasteiger charge is -2.11. The Labute approximate surface area is 66.0 Å². The van der Waals surface area contributed by atoms with Gasteiger partial charge in [0.2, 0.25) is 0 Å². The van der Waals surface area contributed by atoms with Crippen LogP contribution >= 0.6 is 0 Å². The van der Waals surface area contributed by atoms with Crippen LogP contribution in [-0.4, -0.2) is 10.2 Å². The number of rotatable bonds is 3. The molecular weight excluding hydrogens is 140 g/mol. The number of hydrogen-bond donors (Lipinski definition) is 2. The molecule has 1 atom stereocenters. The summed E-state index contributed by atoms with van der Waals surface area (Å²) in [4.78, 5) is 3.89. The molecule has 0 unspecified atom stereocenters. The van der Waals surface area contributed by atoms with E-state index in [4.69, 9.17) is 5.21 Å². The highest BCUT2D eigenvalue weighted by atomic mass is 16.5. The first-order chi connectivity index (χ1) is 5.38. The Morgan fingerprint density at radius 3 is 2.64 bits per heavy atom. The molecule has 0 aromatic carbocycles. The van der Waals surface area contributed by atoms with Crippen molar-refractivity contribution < 1.29 is 5.21 Å². The Bertz CT molecular complexity index is 197. The molecule has 0 amide bonds. The average molecular weight is 152 g/mol. The van der Waals surface area contributed by atoms with Crippen LogP contribution in [0.5, 0.6) is 0 Å². The molecule has 2 N–H and O–H groups in total. The molecule has 60 valence electrons. The molecule has 1 rings (SSSR count). The average Bonchev–Trinajstić information content (AvgIpc) is 2.09. The minimum atomic E-state index is 0.0259. The van der Waals surface area contributed by atoms with E-state index in [1.165, 1.54) is 0 Å². The smallest absolute Gasteiger partial charge is 0.0567 e. The van der Waals surface area contributed by atoms with Crippen molar-refractivity contribution >= 4 is 0 Å². The number of hydrogen-bond acceptors (Lipinski definition) is 3. The Hall–Kier alpha value is -0.930. The third-order valence-electron chi connectivity index (χ3n) is 1.67. The number of nitrogens with zero attached hydrogens (tertiary/aromatic N) is 1. The van der Waals surface area contributed by atoms with Gasteiger partial charge in [-0.25, -0.2) is 0 Å². The number of pyridine rings is 1. The van der Waals surface area contributed by atoms with E-state index < -0.39 is 0 Å². The molecule has 0 spiro atoms. The molecule has 0 aliphatic heterocycles. The third-order valence-corrected chi connectivity index (χ3v) is 1.67. The summed E-state index contributed by atoms with van der Waals surface area (Å²) < 4.78 is 0. The van der Waals surface area contributed by atoms with Crippen LogP contribution in [0.4, 0.5) is 0 Å². The highest BCUT2D eigenvalue weighted by Gasteiger charge is 2.05. The molecule has 1 aromatic heterocycles. The number of hydroxylamine groups is 1. The summed E-state index contributed by atoms with van der Waals surface area (Å²) in [6, 6.07) is 3.80. The maximum Gasteiger partial charge on any atom is 0.0567 e. The van der Waals surface area contributed by atoms with Crippen molar-refractivity contribution in [2.45, 2.75) is 19.4 Å². The van der Waals surface area contributed by atoms with Crippen molar-refractivity contribution in [2.24, 2.45) is 0 Å². The largest absolute Gasteiger partial charge is 0.316 e. The van der Waals surface area contributed by atoms with Gasteiger partial charge in [-0.15, -0.1) is 0 Å². The van der Waals surface area contributed by atoms with Crippen LogP contribution in [0.3, 0.4) is 0 Å². The van der Waals surface area contributed by atoms with Crippen LogP contribution in [0.1, 0.15) is 24.9 Å². The Balaban J connectivity index is 2.74. The standard InChI is InChI=1S/C8H12N2O/c1-2-8(10-11)7-3-5-9-6-4-7/h3-6,8,10-11H,2H2,1H3/t8-/m1/s1. The normalized spacial score (nSPS) is 12.9. The first kappa shape index (κ1) is 8.17. The van der Waals surface area contributed by atoms with Gasteiger partial charge in [-0.1, -0.05) is 6.92 Å². The predicted molar refractivity (Wildman–Crippen MR) is 42.2 cm³/mol. The Morgan fingerprint density at radius 2 is 2.18 bits per heavy atom. The summed E-state index contributed by atoms with van der Waals surface area (Å²) in [5, 5.41) is 8.71. The van der Waals surface area contributed by atoms with Crippen LogP contribution < -0.4 is 5.48 Å². The first-order valence-corrected chi connectivity index (χ1v) is 3.68. The molecule has 0 aliphatic carbocycles. The molecular formula is C8H12N2O. The lowest BCUT2D eigenvalue weighted by atomic mass is 10.1. The molecule has 0 saturated carbocycles. The Morgan fingerprint density at radius 1 is 1.55 bits per heavy atom. The molecule has 0 radical (unpaired) electrons. The van der Waals surface area contributed by atoms with E-state index in [0.717, 1.165) is 12.0 Å². The maximum absolute atomic E-state index is 8.71. The van der Waals surface area contributed by atoms with E-state index >= 15 is 0 Å². The minimum Gasteiger partial charge on any atom is -0.316 e. The lowest BCUT2D eigenvalue weighted by molar-refractivity contribution is 0.124. The molecule has 0 fully saturated rings. The SMILES string of the molecule is CC[C@@H](NO)c1ccncc1. The van der Waals surface area contributed by atoms with E-state index in [-0.39, 0.29) is 6.04 Å². The van der Waals surface area contributed by atoms with Crippen molar-refractivity contribution in [3.05, 3.63) is 30.1 Å². The van der Waals surface area contributed by atoms with E-state index in [1.54, 1.807) is 12.4 Å². The second-order valence-electron chi connectivity index (χ2n) is 2.37. The van der Waals surface area contributed by atoms with Gasteiger partial charge in [0.05, 0.1) is 6.04 Å². The van der Waals surface area contributed by atoms with Crippen molar-refractivity contribution in [3.8, 4) is 0 Å². The van der Waals surface area contributed by atoms with Crippen molar-refractivity contribution in [3.63, 3.8) is 0 Å². The van der Waals surface area contributed by atoms with Crippen molar-refractivity contribution in [2.75, 3.05) is 0 Å². The monoisotopic (exact) mass is 152 g/mol. The van der Waals surface area contributed by atoms with Gasteiger partial charge in [0.15, 0.2) is 0 Å². The van der Waals surface area contributed by atoms with Crippen LogP contribution in [0.2, 0.25) is 0 Å². The van der Waals surface area contributed by atoms with Gasteiger partial charge in [-0.2, -0.15) is 5.48 Å².